The number of rotatable bonds is 25. The van der Waals surface area contributed by atoms with Crippen molar-refractivity contribution in [2.75, 3.05) is 19.8 Å². The molecule has 1 fully saturated rings. The van der Waals surface area contributed by atoms with Crippen LogP contribution < -0.4 is 0 Å². The zero-order valence-electron chi connectivity index (χ0n) is 32.1. The standard InChI is InChI=1S/C43H58O12/c1-5-7-12-21-39(47)51-29-43(4,30-52-40(48)22-13-8-6-2)31-53-42(50)55-32(3)54-41(49)23-17-10-9-16-20-35-36(38(46)28-37(35)45)27-26-34(44)25-24-33-18-14-11-15-19-33/h1-2,9,11,14-16,18-19,26-27,32,34-38,44-46H,7-8,10,12-13,17,20-25,28-31H2,3-4H3/b16-9-,27-26+/t32?,34-,35+,36+,37-,38+/m0/s1. The molecule has 12 heteroatoms. The molecular weight excluding hydrogens is 708 g/mol. The molecule has 0 heterocycles. The number of benzene rings is 1. The van der Waals surface area contributed by atoms with Crippen molar-refractivity contribution in [3.05, 3.63) is 60.2 Å². The van der Waals surface area contributed by atoms with Gasteiger partial charge in [0.1, 0.15) is 19.8 Å². The van der Waals surface area contributed by atoms with E-state index >= 15 is 0 Å². The highest BCUT2D eigenvalue weighted by Gasteiger charge is 2.39. The molecule has 1 aliphatic rings. The van der Waals surface area contributed by atoms with Crippen LogP contribution >= 0.6 is 0 Å². The molecule has 0 aliphatic heterocycles. The Hall–Kier alpha value is -4.62. The number of carbonyl (C=O) groups is 4. The molecule has 6 atom stereocenters. The van der Waals surface area contributed by atoms with E-state index in [-0.39, 0.29) is 57.3 Å². The third-order valence-electron chi connectivity index (χ3n) is 9.03. The van der Waals surface area contributed by atoms with Gasteiger partial charge in [0.05, 0.1) is 23.7 Å². The number of aliphatic hydroxyl groups is 3. The van der Waals surface area contributed by atoms with E-state index in [4.69, 9.17) is 36.5 Å². The van der Waals surface area contributed by atoms with Gasteiger partial charge in [0.25, 0.3) is 0 Å². The van der Waals surface area contributed by atoms with E-state index in [1.54, 1.807) is 13.0 Å². The predicted molar refractivity (Wildman–Crippen MR) is 205 cm³/mol. The first kappa shape index (κ1) is 46.5. The van der Waals surface area contributed by atoms with E-state index < -0.39 is 54.1 Å². The smallest absolute Gasteiger partial charge is 0.465 e. The number of hydrogen-bond donors (Lipinski definition) is 3. The van der Waals surface area contributed by atoms with Crippen molar-refractivity contribution in [2.45, 2.75) is 122 Å². The summed E-state index contributed by atoms with van der Waals surface area (Å²) in [5.74, 6) is 2.80. The summed E-state index contributed by atoms with van der Waals surface area (Å²) in [6.07, 6.45) is 18.4. The molecule has 12 nitrogen and oxygen atoms in total. The lowest BCUT2D eigenvalue weighted by atomic mass is 9.89. The van der Waals surface area contributed by atoms with E-state index in [1.807, 2.05) is 48.6 Å². The Morgan fingerprint density at radius 3 is 2.07 bits per heavy atom. The van der Waals surface area contributed by atoms with Crippen molar-refractivity contribution in [3.8, 4) is 24.7 Å². The number of esters is 3. The summed E-state index contributed by atoms with van der Waals surface area (Å²) in [6, 6.07) is 9.89. The van der Waals surface area contributed by atoms with Crippen LogP contribution in [-0.2, 0) is 44.5 Å². The minimum absolute atomic E-state index is 0.0571. The van der Waals surface area contributed by atoms with Gasteiger partial charge in [-0.15, -0.1) is 24.7 Å². The van der Waals surface area contributed by atoms with Gasteiger partial charge < -0.3 is 39.0 Å². The number of ether oxygens (including phenoxy) is 5. The van der Waals surface area contributed by atoms with Crippen molar-refractivity contribution < 1.29 is 58.2 Å². The van der Waals surface area contributed by atoms with Crippen molar-refractivity contribution in [3.63, 3.8) is 0 Å². The van der Waals surface area contributed by atoms with E-state index in [1.165, 1.54) is 6.92 Å². The molecule has 1 saturated carbocycles. The summed E-state index contributed by atoms with van der Waals surface area (Å²) < 4.78 is 26.1. The molecule has 2 rings (SSSR count). The highest BCUT2D eigenvalue weighted by molar-refractivity contribution is 5.70. The maximum atomic E-state index is 12.4. The van der Waals surface area contributed by atoms with Crippen LogP contribution in [0, 0.1) is 41.9 Å². The Kier molecular flexibility index (Phi) is 22.2. The minimum atomic E-state index is -1.25. The summed E-state index contributed by atoms with van der Waals surface area (Å²) >= 11 is 0. The molecule has 0 saturated heterocycles. The molecule has 1 aromatic rings. The first-order chi connectivity index (χ1) is 26.4. The summed E-state index contributed by atoms with van der Waals surface area (Å²) in [7, 11) is 0. The molecule has 0 spiro atoms. The van der Waals surface area contributed by atoms with Crippen LogP contribution in [0.15, 0.2) is 54.6 Å². The average Bonchev–Trinajstić information content (AvgIpc) is 3.43. The second-order valence-electron chi connectivity index (χ2n) is 14.1. The SMILES string of the molecule is C#CCCCC(=O)OCC(C)(COC(=O)CCCC#C)COC(=O)OC(C)OC(=O)CCC/C=C\C[C@@H]1[C@@H](/C=C/[C@@H](O)CCc2ccccc2)[C@H](O)C[C@@H]1O. The first-order valence-corrected chi connectivity index (χ1v) is 19.0. The van der Waals surface area contributed by atoms with Gasteiger partial charge in [-0.25, -0.2) is 4.79 Å². The molecular formula is C43H58O12. The summed E-state index contributed by atoms with van der Waals surface area (Å²) in [5.41, 5.74) is 0.0348. The lowest BCUT2D eigenvalue weighted by Gasteiger charge is -2.28. The van der Waals surface area contributed by atoms with E-state index in [9.17, 15) is 34.5 Å². The normalized spacial score (nSPS) is 19.3. The molecule has 302 valence electrons. The van der Waals surface area contributed by atoms with Crippen molar-refractivity contribution in [1.29, 1.82) is 0 Å². The Morgan fingerprint density at radius 2 is 1.45 bits per heavy atom. The van der Waals surface area contributed by atoms with Gasteiger partial charge in [0.2, 0.25) is 6.29 Å². The molecule has 1 aromatic carbocycles. The molecule has 0 aromatic heterocycles. The van der Waals surface area contributed by atoms with Gasteiger partial charge >= 0.3 is 24.1 Å². The second kappa shape index (κ2) is 26.2. The van der Waals surface area contributed by atoms with E-state index in [2.05, 4.69) is 11.8 Å². The Bertz CT molecular complexity index is 1420. The summed E-state index contributed by atoms with van der Waals surface area (Å²) in [6.45, 7) is 2.21. The number of carbonyl (C=O) groups excluding carboxylic acids is 4. The Balaban J connectivity index is 1.74. The predicted octanol–water partition coefficient (Wildman–Crippen LogP) is 5.75. The van der Waals surface area contributed by atoms with Crippen LogP contribution in [0.2, 0.25) is 0 Å². The number of unbranched alkanes of at least 4 members (excludes halogenated alkanes) is 3. The fourth-order valence-electron chi connectivity index (χ4n) is 5.87. The molecule has 3 N–H and O–H groups in total. The number of allylic oxidation sites excluding steroid dienone is 2. The Morgan fingerprint density at radius 1 is 0.855 bits per heavy atom. The first-order valence-electron chi connectivity index (χ1n) is 19.0. The minimum Gasteiger partial charge on any atom is -0.465 e. The van der Waals surface area contributed by atoms with E-state index in [0.717, 1.165) is 12.0 Å². The third-order valence-corrected chi connectivity index (χ3v) is 9.03. The van der Waals surface area contributed by atoms with Crippen molar-refractivity contribution >= 4 is 24.1 Å². The lowest BCUT2D eigenvalue weighted by Crippen LogP contribution is -2.37. The van der Waals surface area contributed by atoms with Crippen LogP contribution in [0.3, 0.4) is 0 Å². The monoisotopic (exact) mass is 766 g/mol. The molecule has 0 bridgehead atoms. The van der Waals surface area contributed by atoms with Crippen LogP contribution in [-0.4, -0.2) is 83.8 Å². The average molecular weight is 767 g/mol. The van der Waals surface area contributed by atoms with Gasteiger partial charge in [0.15, 0.2) is 0 Å². The van der Waals surface area contributed by atoms with Crippen LogP contribution in [0.25, 0.3) is 0 Å². The van der Waals surface area contributed by atoms with Gasteiger partial charge in [-0.1, -0.05) is 54.6 Å². The molecule has 1 aliphatic carbocycles. The topological polar surface area (TPSA) is 175 Å². The maximum Gasteiger partial charge on any atom is 0.511 e. The fraction of sp³-hybridized carbons (Fsp3) is 0.581. The lowest BCUT2D eigenvalue weighted by molar-refractivity contribution is -0.169. The highest BCUT2D eigenvalue weighted by Crippen LogP contribution is 2.36. The Labute approximate surface area is 325 Å². The largest absolute Gasteiger partial charge is 0.511 e. The van der Waals surface area contributed by atoms with Crippen LogP contribution in [0.5, 0.6) is 0 Å². The zero-order chi connectivity index (χ0) is 40.5. The van der Waals surface area contributed by atoms with Crippen molar-refractivity contribution in [2.24, 2.45) is 17.3 Å². The van der Waals surface area contributed by atoms with Gasteiger partial charge in [-0.05, 0) is 63.4 Å². The zero-order valence-corrected chi connectivity index (χ0v) is 32.1. The molecule has 0 radical (unpaired) electrons. The van der Waals surface area contributed by atoms with E-state index in [0.29, 0.717) is 51.4 Å². The van der Waals surface area contributed by atoms with Gasteiger partial charge in [-0.2, -0.15) is 0 Å². The number of aliphatic hydroxyl groups excluding tert-OH is 3. The maximum absolute atomic E-state index is 12.4. The molecule has 1 unspecified atom stereocenters. The quantitative estimate of drug-likeness (QED) is 0.0275. The number of hydrogen-bond acceptors (Lipinski definition) is 12. The summed E-state index contributed by atoms with van der Waals surface area (Å²) in [5, 5.41) is 31.5. The van der Waals surface area contributed by atoms with Gasteiger partial charge in [0, 0.05) is 51.4 Å². The third kappa shape index (κ3) is 20.0. The summed E-state index contributed by atoms with van der Waals surface area (Å²) in [4.78, 5) is 49.1. The van der Waals surface area contributed by atoms with Gasteiger partial charge in [-0.3, -0.25) is 14.4 Å². The van der Waals surface area contributed by atoms with Crippen LogP contribution in [0.4, 0.5) is 4.79 Å². The highest BCUT2D eigenvalue weighted by atomic mass is 16.8. The van der Waals surface area contributed by atoms with Crippen LogP contribution in [0.1, 0.15) is 96.5 Å². The molecule has 0 amide bonds. The fourth-order valence-corrected chi connectivity index (χ4v) is 5.87. The molecule has 55 heavy (non-hydrogen) atoms. The number of aryl methyl sites for hydroxylation is 1. The second-order valence-corrected chi connectivity index (χ2v) is 14.1. The number of terminal acetylenes is 2. The van der Waals surface area contributed by atoms with Crippen molar-refractivity contribution in [1.82, 2.24) is 0 Å².